The zero-order valence-corrected chi connectivity index (χ0v) is 12.2. The van der Waals surface area contributed by atoms with Gasteiger partial charge in [-0.25, -0.2) is 9.37 Å². The molecular weight excluding hydrogens is 279 g/mol. The van der Waals surface area contributed by atoms with E-state index in [4.69, 9.17) is 16.3 Å². The number of aryl methyl sites for hydroxylation is 1. The maximum atomic E-state index is 13.9. The maximum Gasteiger partial charge on any atom is 0.219 e. The van der Waals surface area contributed by atoms with Gasteiger partial charge in [0.15, 0.2) is 11.6 Å². The van der Waals surface area contributed by atoms with Crippen LogP contribution >= 0.6 is 11.6 Å². The number of pyridine rings is 1. The highest BCUT2D eigenvalue weighted by molar-refractivity contribution is 6.31. The predicted octanol–water partition coefficient (Wildman–Crippen LogP) is 4.08. The van der Waals surface area contributed by atoms with E-state index in [2.05, 4.69) is 10.3 Å². The molecule has 2 rings (SSSR count). The molecule has 0 amide bonds. The van der Waals surface area contributed by atoms with Gasteiger partial charge in [-0.15, -0.1) is 0 Å². The number of nitrogens with one attached hydrogen (secondary N) is 1. The third-order valence-corrected chi connectivity index (χ3v) is 3.19. The molecule has 0 bridgehead atoms. The van der Waals surface area contributed by atoms with Crippen molar-refractivity contribution in [2.24, 2.45) is 0 Å². The molecule has 2 aromatic rings. The minimum Gasteiger partial charge on any atom is -0.436 e. The van der Waals surface area contributed by atoms with E-state index in [0.29, 0.717) is 23.0 Å². The number of benzene rings is 1. The van der Waals surface area contributed by atoms with Gasteiger partial charge in [-0.3, -0.25) is 0 Å². The number of nitrogens with zero attached hydrogens (tertiary/aromatic N) is 1. The lowest BCUT2D eigenvalue weighted by Crippen LogP contribution is -2.12. The number of rotatable bonds is 5. The van der Waals surface area contributed by atoms with E-state index in [0.717, 1.165) is 12.1 Å². The first-order valence-corrected chi connectivity index (χ1v) is 6.77. The van der Waals surface area contributed by atoms with Gasteiger partial charge in [0, 0.05) is 18.8 Å². The average Bonchev–Trinajstić information content (AvgIpc) is 2.44. The van der Waals surface area contributed by atoms with Crippen LogP contribution in [0.3, 0.4) is 0 Å². The number of aromatic nitrogens is 1. The first kappa shape index (κ1) is 14.8. The molecule has 1 N–H and O–H groups in total. The number of hydrogen-bond acceptors (Lipinski definition) is 3. The van der Waals surface area contributed by atoms with Gasteiger partial charge in [0.2, 0.25) is 5.88 Å². The lowest BCUT2D eigenvalue weighted by Gasteiger charge is -2.10. The van der Waals surface area contributed by atoms with Crippen LogP contribution in [0.2, 0.25) is 5.02 Å². The van der Waals surface area contributed by atoms with E-state index < -0.39 is 0 Å². The molecule has 0 aliphatic carbocycles. The second kappa shape index (κ2) is 6.68. The van der Waals surface area contributed by atoms with Crippen LogP contribution in [0, 0.1) is 12.7 Å². The summed E-state index contributed by atoms with van der Waals surface area (Å²) in [6.07, 6.45) is 1.51. The van der Waals surface area contributed by atoms with Crippen LogP contribution < -0.4 is 10.1 Å². The molecular formula is C15H16ClFN2O. The van der Waals surface area contributed by atoms with E-state index in [9.17, 15) is 4.39 Å². The molecule has 0 atom stereocenters. The van der Waals surface area contributed by atoms with Crippen molar-refractivity contribution in [1.82, 2.24) is 10.3 Å². The third kappa shape index (κ3) is 3.46. The molecule has 1 aromatic heterocycles. The van der Waals surface area contributed by atoms with Gasteiger partial charge in [0.05, 0.1) is 5.02 Å². The Hall–Kier alpha value is -1.65. The van der Waals surface area contributed by atoms with Crippen LogP contribution in [0.4, 0.5) is 4.39 Å². The van der Waals surface area contributed by atoms with Crippen molar-refractivity contribution in [3.8, 4) is 11.6 Å². The molecule has 0 aliphatic heterocycles. The Bertz CT molecular complexity index is 604. The van der Waals surface area contributed by atoms with Gasteiger partial charge in [-0.2, -0.15) is 0 Å². The summed E-state index contributed by atoms with van der Waals surface area (Å²) < 4.78 is 19.4. The number of hydrogen-bond donors (Lipinski definition) is 1. The van der Waals surface area contributed by atoms with Gasteiger partial charge in [-0.1, -0.05) is 30.7 Å². The van der Waals surface area contributed by atoms with Crippen molar-refractivity contribution in [3.63, 3.8) is 0 Å². The van der Waals surface area contributed by atoms with E-state index in [1.165, 1.54) is 6.20 Å². The van der Waals surface area contributed by atoms with E-state index in [1.54, 1.807) is 31.2 Å². The fourth-order valence-corrected chi connectivity index (χ4v) is 1.89. The second-order valence-electron chi connectivity index (χ2n) is 4.38. The largest absolute Gasteiger partial charge is 0.436 e. The fraction of sp³-hybridized carbons (Fsp3) is 0.267. The quantitative estimate of drug-likeness (QED) is 0.902. The van der Waals surface area contributed by atoms with Gasteiger partial charge >= 0.3 is 0 Å². The van der Waals surface area contributed by atoms with Crippen LogP contribution in [0.1, 0.15) is 18.1 Å². The molecule has 0 spiro atoms. The van der Waals surface area contributed by atoms with Crippen LogP contribution in [0.5, 0.6) is 11.6 Å². The van der Waals surface area contributed by atoms with Crippen molar-refractivity contribution in [1.29, 1.82) is 0 Å². The normalized spacial score (nSPS) is 10.6. The van der Waals surface area contributed by atoms with E-state index in [1.807, 2.05) is 6.92 Å². The molecule has 1 heterocycles. The van der Waals surface area contributed by atoms with E-state index >= 15 is 0 Å². The summed E-state index contributed by atoms with van der Waals surface area (Å²) in [5, 5.41) is 3.73. The summed E-state index contributed by atoms with van der Waals surface area (Å²) in [5.41, 5.74) is 1.40. The predicted molar refractivity (Wildman–Crippen MR) is 77.8 cm³/mol. The Kier molecular flexibility index (Phi) is 4.93. The number of ether oxygens (including phenoxy) is 1. The lowest BCUT2D eigenvalue weighted by atomic mass is 10.2. The fourth-order valence-electron chi connectivity index (χ4n) is 1.72. The Morgan fingerprint density at radius 3 is 2.95 bits per heavy atom. The Labute approximate surface area is 122 Å². The van der Waals surface area contributed by atoms with Crippen LogP contribution in [-0.2, 0) is 6.54 Å². The van der Waals surface area contributed by atoms with Crippen LogP contribution in [-0.4, -0.2) is 11.5 Å². The molecule has 0 aliphatic rings. The molecule has 5 heteroatoms. The minimum absolute atomic E-state index is 0.161. The summed E-state index contributed by atoms with van der Waals surface area (Å²) in [6.45, 7) is 5.15. The summed E-state index contributed by atoms with van der Waals surface area (Å²) >= 11 is 6.06. The molecule has 20 heavy (non-hydrogen) atoms. The summed E-state index contributed by atoms with van der Waals surface area (Å²) in [7, 11) is 0. The molecule has 0 unspecified atom stereocenters. The second-order valence-corrected chi connectivity index (χ2v) is 4.79. The van der Waals surface area contributed by atoms with Gasteiger partial charge in [-0.05, 0) is 30.7 Å². The SMILES string of the molecule is CCNCc1cc(Oc2cccc(C)c2F)ncc1Cl. The zero-order chi connectivity index (χ0) is 14.5. The monoisotopic (exact) mass is 294 g/mol. The van der Waals surface area contributed by atoms with Crippen molar-refractivity contribution < 1.29 is 9.13 Å². The lowest BCUT2D eigenvalue weighted by molar-refractivity contribution is 0.425. The third-order valence-electron chi connectivity index (χ3n) is 2.85. The van der Waals surface area contributed by atoms with Crippen molar-refractivity contribution in [3.05, 3.63) is 52.4 Å². The molecule has 0 saturated carbocycles. The minimum atomic E-state index is -0.377. The van der Waals surface area contributed by atoms with Gasteiger partial charge in [0.25, 0.3) is 0 Å². The van der Waals surface area contributed by atoms with Crippen LogP contribution in [0.15, 0.2) is 30.5 Å². The van der Waals surface area contributed by atoms with Crippen molar-refractivity contribution in [2.75, 3.05) is 6.54 Å². The first-order valence-electron chi connectivity index (χ1n) is 6.40. The highest BCUT2D eigenvalue weighted by Gasteiger charge is 2.09. The van der Waals surface area contributed by atoms with Crippen molar-refractivity contribution in [2.45, 2.75) is 20.4 Å². The van der Waals surface area contributed by atoms with E-state index in [-0.39, 0.29) is 11.6 Å². The highest BCUT2D eigenvalue weighted by Crippen LogP contribution is 2.27. The Morgan fingerprint density at radius 2 is 2.20 bits per heavy atom. The highest BCUT2D eigenvalue weighted by atomic mass is 35.5. The van der Waals surface area contributed by atoms with Gasteiger partial charge < -0.3 is 10.1 Å². The van der Waals surface area contributed by atoms with Gasteiger partial charge in [0.1, 0.15) is 0 Å². The molecule has 3 nitrogen and oxygen atoms in total. The molecule has 1 aromatic carbocycles. The first-order chi connectivity index (χ1) is 9.61. The number of halogens is 2. The smallest absolute Gasteiger partial charge is 0.219 e. The summed E-state index contributed by atoms with van der Waals surface area (Å²) in [5.74, 6) is 0.110. The van der Waals surface area contributed by atoms with Crippen molar-refractivity contribution >= 4 is 11.6 Å². The summed E-state index contributed by atoms with van der Waals surface area (Å²) in [4.78, 5) is 4.06. The molecule has 0 radical (unpaired) electrons. The molecule has 0 saturated heterocycles. The average molecular weight is 295 g/mol. The molecule has 0 fully saturated rings. The Balaban J connectivity index is 2.23. The maximum absolute atomic E-state index is 13.9. The molecule has 106 valence electrons. The standard InChI is InChI=1S/C15H16ClFN2O/c1-3-18-8-11-7-14(19-9-12(11)16)20-13-6-4-5-10(2)15(13)17/h4-7,9,18H,3,8H2,1-2H3. The zero-order valence-electron chi connectivity index (χ0n) is 11.4. The topological polar surface area (TPSA) is 34.1 Å². The summed E-state index contributed by atoms with van der Waals surface area (Å²) in [6, 6.07) is 6.71. The Morgan fingerprint density at radius 1 is 1.40 bits per heavy atom. The van der Waals surface area contributed by atoms with Crippen LogP contribution in [0.25, 0.3) is 0 Å².